The number of nitrogens with zero attached hydrogens (tertiary/aromatic N) is 2. The summed E-state index contributed by atoms with van der Waals surface area (Å²) in [5.41, 5.74) is 2.24. The third kappa shape index (κ3) is 5.66. The maximum absolute atomic E-state index is 12.8. The summed E-state index contributed by atoms with van der Waals surface area (Å²) in [4.78, 5) is 16.3. The highest BCUT2D eigenvalue weighted by Crippen LogP contribution is 2.27. The molecule has 0 radical (unpaired) electrons. The van der Waals surface area contributed by atoms with Gasteiger partial charge in [-0.3, -0.25) is 9.52 Å². The topological polar surface area (TPSA) is 79.0 Å². The van der Waals surface area contributed by atoms with Crippen molar-refractivity contribution in [3.8, 4) is 5.75 Å². The highest BCUT2D eigenvalue weighted by atomic mass is 32.2. The molecule has 0 aliphatic heterocycles. The molecule has 0 saturated heterocycles. The summed E-state index contributed by atoms with van der Waals surface area (Å²) >= 11 is 0. The first kappa shape index (κ1) is 23.5. The molecule has 0 heterocycles. The summed E-state index contributed by atoms with van der Waals surface area (Å²) in [5, 5.41) is 0. The monoisotopic (exact) mass is 433 g/mol. The fraction of sp³-hybridized carbons (Fsp3) is 0.409. The van der Waals surface area contributed by atoms with Crippen molar-refractivity contribution in [1.82, 2.24) is 4.90 Å². The summed E-state index contributed by atoms with van der Waals surface area (Å²) in [6, 6.07) is 11.6. The first-order valence-electron chi connectivity index (χ1n) is 9.85. The Hall–Kier alpha value is -2.74. The molecule has 164 valence electrons. The van der Waals surface area contributed by atoms with Gasteiger partial charge in [-0.2, -0.15) is 0 Å². The number of hydrogen-bond acceptors (Lipinski definition) is 5. The number of ether oxygens (including phenoxy) is 1. The van der Waals surface area contributed by atoms with Crippen molar-refractivity contribution in [1.29, 1.82) is 0 Å². The first-order chi connectivity index (χ1) is 14.1. The van der Waals surface area contributed by atoms with Crippen LogP contribution in [-0.4, -0.2) is 46.5 Å². The third-order valence-electron chi connectivity index (χ3n) is 4.77. The van der Waals surface area contributed by atoms with Crippen molar-refractivity contribution in [2.75, 3.05) is 30.8 Å². The summed E-state index contributed by atoms with van der Waals surface area (Å²) in [7, 11) is 1.61. The molecule has 0 atom stereocenters. The van der Waals surface area contributed by atoms with Crippen molar-refractivity contribution in [3.63, 3.8) is 0 Å². The average Bonchev–Trinajstić information content (AvgIpc) is 2.70. The molecule has 2 rings (SSSR count). The molecule has 2 aromatic rings. The molecular formula is C22H31N3O4S. The van der Waals surface area contributed by atoms with Crippen LogP contribution >= 0.6 is 0 Å². The van der Waals surface area contributed by atoms with Crippen molar-refractivity contribution >= 4 is 27.3 Å². The lowest BCUT2D eigenvalue weighted by atomic mass is 10.1. The molecule has 0 fully saturated rings. The number of rotatable bonds is 9. The number of hydrogen-bond donors (Lipinski definition) is 1. The Labute approximate surface area is 179 Å². The van der Waals surface area contributed by atoms with Crippen LogP contribution in [0.1, 0.15) is 32.8 Å². The van der Waals surface area contributed by atoms with Crippen LogP contribution in [0.4, 0.5) is 11.4 Å². The molecule has 7 nitrogen and oxygen atoms in total. The zero-order valence-electron chi connectivity index (χ0n) is 18.5. The predicted octanol–water partition coefficient (Wildman–Crippen LogP) is 3.71. The normalized spacial score (nSPS) is 11.3. The number of amides is 1. The Balaban J connectivity index is 2.37. The first-order valence-corrected chi connectivity index (χ1v) is 11.3. The third-order valence-corrected chi connectivity index (χ3v) is 6.17. The molecule has 2 aromatic carbocycles. The van der Waals surface area contributed by atoms with Gasteiger partial charge in [0, 0.05) is 44.5 Å². The number of anilines is 2. The Bertz CT molecular complexity index is 970. The smallest absolute Gasteiger partial charge is 0.261 e. The molecule has 8 heteroatoms. The standard InChI is InChI=1S/C22H31N3O4S/c1-7-22(26)25(16(2)3)15-17-14-18(8-13-21(17)24(4)5)23-30(27,28)20-11-9-19(29-6)10-12-20/h8-14,16,23H,7,15H2,1-6H3. The summed E-state index contributed by atoms with van der Waals surface area (Å²) in [6.45, 7) is 6.18. The van der Waals surface area contributed by atoms with E-state index in [1.165, 1.54) is 19.2 Å². The van der Waals surface area contributed by atoms with Gasteiger partial charge in [-0.1, -0.05) is 6.92 Å². The van der Waals surface area contributed by atoms with Crippen molar-refractivity contribution in [3.05, 3.63) is 48.0 Å². The molecule has 0 aliphatic rings. The molecule has 30 heavy (non-hydrogen) atoms. The van der Waals surface area contributed by atoms with Gasteiger partial charge in [0.2, 0.25) is 5.91 Å². The Kier molecular flexibility index (Phi) is 7.72. The lowest BCUT2D eigenvalue weighted by Gasteiger charge is -2.29. The number of carbonyl (C=O) groups is 1. The maximum Gasteiger partial charge on any atom is 0.261 e. The summed E-state index contributed by atoms with van der Waals surface area (Å²) < 4.78 is 33.3. The van der Waals surface area contributed by atoms with Gasteiger partial charge in [-0.15, -0.1) is 0 Å². The largest absolute Gasteiger partial charge is 0.497 e. The van der Waals surface area contributed by atoms with Gasteiger partial charge in [0.05, 0.1) is 12.0 Å². The molecule has 1 amide bonds. The van der Waals surface area contributed by atoms with Gasteiger partial charge < -0.3 is 14.5 Å². The highest BCUT2D eigenvalue weighted by molar-refractivity contribution is 7.92. The molecule has 0 bridgehead atoms. The van der Waals surface area contributed by atoms with E-state index in [-0.39, 0.29) is 16.8 Å². The lowest BCUT2D eigenvalue weighted by molar-refractivity contribution is -0.133. The zero-order valence-corrected chi connectivity index (χ0v) is 19.3. The summed E-state index contributed by atoms with van der Waals surface area (Å²) in [5.74, 6) is 0.639. The van der Waals surface area contributed by atoms with Gasteiger partial charge in [0.25, 0.3) is 10.0 Å². The second-order valence-corrected chi connectivity index (χ2v) is 9.17. The van der Waals surface area contributed by atoms with E-state index >= 15 is 0 Å². The van der Waals surface area contributed by atoms with Crippen LogP contribution in [0.25, 0.3) is 0 Å². The molecular weight excluding hydrogens is 402 g/mol. The van der Waals surface area contributed by atoms with Crippen LogP contribution in [0.5, 0.6) is 5.75 Å². The zero-order chi connectivity index (χ0) is 22.5. The predicted molar refractivity (Wildman–Crippen MR) is 121 cm³/mol. The van der Waals surface area contributed by atoms with E-state index in [4.69, 9.17) is 4.74 Å². The van der Waals surface area contributed by atoms with E-state index in [2.05, 4.69) is 4.72 Å². The molecule has 0 saturated carbocycles. The van der Waals surface area contributed by atoms with E-state index in [0.29, 0.717) is 24.4 Å². The van der Waals surface area contributed by atoms with Gasteiger partial charge in [0.15, 0.2) is 0 Å². The van der Waals surface area contributed by atoms with Crippen molar-refractivity contribution in [2.45, 2.75) is 44.7 Å². The number of methoxy groups -OCH3 is 1. The molecule has 0 spiro atoms. The average molecular weight is 434 g/mol. The molecule has 1 N–H and O–H groups in total. The fourth-order valence-electron chi connectivity index (χ4n) is 3.13. The van der Waals surface area contributed by atoms with Gasteiger partial charge in [-0.25, -0.2) is 8.42 Å². The Morgan fingerprint density at radius 2 is 1.73 bits per heavy atom. The van der Waals surface area contributed by atoms with E-state index in [9.17, 15) is 13.2 Å². The Morgan fingerprint density at radius 3 is 2.23 bits per heavy atom. The lowest BCUT2D eigenvalue weighted by Crippen LogP contribution is -2.36. The number of sulfonamides is 1. The van der Waals surface area contributed by atoms with E-state index in [1.54, 1.807) is 29.2 Å². The number of carbonyl (C=O) groups excluding carboxylic acids is 1. The van der Waals surface area contributed by atoms with Crippen molar-refractivity contribution < 1.29 is 17.9 Å². The highest BCUT2D eigenvalue weighted by Gasteiger charge is 2.20. The van der Waals surface area contributed by atoms with E-state index in [1.807, 2.05) is 45.8 Å². The maximum atomic E-state index is 12.8. The van der Waals surface area contributed by atoms with E-state index < -0.39 is 10.0 Å². The van der Waals surface area contributed by atoms with Gasteiger partial charge >= 0.3 is 0 Å². The fourth-order valence-corrected chi connectivity index (χ4v) is 4.18. The Morgan fingerprint density at radius 1 is 1.10 bits per heavy atom. The quantitative estimate of drug-likeness (QED) is 0.652. The van der Waals surface area contributed by atoms with Crippen LogP contribution in [0.2, 0.25) is 0 Å². The minimum atomic E-state index is -3.75. The van der Waals surface area contributed by atoms with Crippen LogP contribution < -0.4 is 14.4 Å². The van der Waals surface area contributed by atoms with Crippen LogP contribution in [0.15, 0.2) is 47.4 Å². The molecule has 0 unspecified atom stereocenters. The second-order valence-electron chi connectivity index (χ2n) is 7.49. The minimum Gasteiger partial charge on any atom is -0.497 e. The van der Waals surface area contributed by atoms with Gasteiger partial charge in [0.1, 0.15) is 5.75 Å². The molecule has 0 aliphatic carbocycles. The summed E-state index contributed by atoms with van der Waals surface area (Å²) in [6.07, 6.45) is 0.416. The number of benzene rings is 2. The molecule has 0 aromatic heterocycles. The van der Waals surface area contributed by atoms with Crippen LogP contribution in [0.3, 0.4) is 0 Å². The minimum absolute atomic E-state index is 0.0344. The van der Waals surface area contributed by atoms with Crippen molar-refractivity contribution in [2.24, 2.45) is 0 Å². The SMILES string of the molecule is CCC(=O)N(Cc1cc(NS(=O)(=O)c2ccc(OC)cc2)ccc1N(C)C)C(C)C. The van der Waals surface area contributed by atoms with Crippen LogP contribution in [0, 0.1) is 0 Å². The second kappa shape index (κ2) is 9.84. The van der Waals surface area contributed by atoms with Gasteiger partial charge in [-0.05, 0) is 61.9 Å². The van der Waals surface area contributed by atoms with Crippen LogP contribution in [-0.2, 0) is 21.4 Å². The van der Waals surface area contributed by atoms with E-state index in [0.717, 1.165) is 11.3 Å². The number of nitrogens with one attached hydrogen (secondary N) is 1.